The van der Waals surface area contributed by atoms with E-state index < -0.39 is 52.3 Å². The standard InChI is InChI=1S/C28H27F3O9S/c29-28(30,31)41(34,35)40-25-24(39-26(32)21-14-8-3-9-15-21)23(37-17-20-12-6-2-7-13-20)22(38-27(25)33)18-36-16-19-10-4-1-5-11-19/h1-15,22-25,27,33H,16-18H2/t22-,23-,24+,25-,27+/m1/s1. The van der Waals surface area contributed by atoms with Crippen LogP contribution in [0.3, 0.4) is 0 Å². The van der Waals surface area contributed by atoms with Crippen molar-refractivity contribution in [2.45, 2.75) is 49.4 Å². The molecular formula is C28H27F3O9S. The first-order chi connectivity index (χ1) is 19.5. The highest BCUT2D eigenvalue weighted by atomic mass is 32.2. The summed E-state index contributed by atoms with van der Waals surface area (Å²) in [6, 6.07) is 25.1. The van der Waals surface area contributed by atoms with Gasteiger partial charge in [0, 0.05) is 0 Å². The van der Waals surface area contributed by atoms with E-state index in [4.69, 9.17) is 18.9 Å². The Balaban J connectivity index is 1.65. The molecule has 0 unspecified atom stereocenters. The molecule has 0 saturated carbocycles. The molecule has 220 valence electrons. The first-order valence-electron chi connectivity index (χ1n) is 12.4. The molecule has 0 aliphatic carbocycles. The molecule has 0 bridgehead atoms. The molecule has 1 heterocycles. The van der Waals surface area contributed by atoms with Crippen molar-refractivity contribution in [3.63, 3.8) is 0 Å². The van der Waals surface area contributed by atoms with Gasteiger partial charge in [0.2, 0.25) is 0 Å². The molecule has 1 aliphatic rings. The van der Waals surface area contributed by atoms with Crippen LogP contribution in [0, 0.1) is 0 Å². The molecule has 3 aromatic rings. The van der Waals surface area contributed by atoms with Crippen LogP contribution in [0.25, 0.3) is 0 Å². The highest BCUT2D eigenvalue weighted by Crippen LogP contribution is 2.34. The molecule has 0 amide bonds. The number of hydrogen-bond donors (Lipinski definition) is 1. The van der Waals surface area contributed by atoms with Crippen LogP contribution in [-0.4, -0.2) is 62.3 Å². The zero-order valence-electron chi connectivity index (χ0n) is 21.4. The minimum atomic E-state index is -6.24. The summed E-state index contributed by atoms with van der Waals surface area (Å²) in [5.74, 6) is -1.01. The molecule has 1 fully saturated rings. The third-order valence-electron chi connectivity index (χ3n) is 6.06. The Morgan fingerprint density at radius 2 is 1.34 bits per heavy atom. The number of esters is 1. The van der Waals surface area contributed by atoms with Crippen LogP contribution in [0.5, 0.6) is 0 Å². The lowest BCUT2D eigenvalue weighted by molar-refractivity contribution is -0.292. The summed E-state index contributed by atoms with van der Waals surface area (Å²) < 4.78 is 90.7. The average molecular weight is 597 g/mol. The van der Waals surface area contributed by atoms with Crippen molar-refractivity contribution in [1.29, 1.82) is 0 Å². The highest BCUT2D eigenvalue weighted by Gasteiger charge is 2.56. The lowest BCUT2D eigenvalue weighted by Gasteiger charge is -2.43. The number of halogens is 3. The van der Waals surface area contributed by atoms with Crippen molar-refractivity contribution in [3.8, 4) is 0 Å². The van der Waals surface area contributed by atoms with Gasteiger partial charge in [-0.05, 0) is 23.3 Å². The number of carbonyl (C=O) groups excluding carboxylic acids is 1. The topological polar surface area (TPSA) is 118 Å². The van der Waals surface area contributed by atoms with E-state index in [0.29, 0.717) is 5.56 Å². The first kappa shape index (κ1) is 30.6. The predicted octanol–water partition coefficient (Wildman–Crippen LogP) is 3.97. The maximum atomic E-state index is 13.2. The van der Waals surface area contributed by atoms with Gasteiger partial charge in [-0.25, -0.2) is 4.79 Å². The number of ether oxygens (including phenoxy) is 4. The summed E-state index contributed by atoms with van der Waals surface area (Å²) in [5.41, 5.74) is -4.35. The fraction of sp³-hybridized carbons (Fsp3) is 0.321. The van der Waals surface area contributed by atoms with E-state index in [1.807, 2.05) is 6.07 Å². The van der Waals surface area contributed by atoms with Crippen molar-refractivity contribution < 1.29 is 54.6 Å². The van der Waals surface area contributed by atoms with Crippen molar-refractivity contribution in [3.05, 3.63) is 108 Å². The van der Waals surface area contributed by atoms with Crippen LogP contribution < -0.4 is 0 Å². The summed E-state index contributed by atoms with van der Waals surface area (Å²) in [6.45, 7) is -0.277. The molecule has 5 atom stereocenters. The molecule has 1 saturated heterocycles. The van der Waals surface area contributed by atoms with Crippen LogP contribution >= 0.6 is 0 Å². The molecule has 13 heteroatoms. The predicted molar refractivity (Wildman–Crippen MR) is 137 cm³/mol. The SMILES string of the molecule is O=C(O[C@@H]1[C@@H](OS(=O)(=O)C(F)(F)F)[C@@H](O)O[C@H](COCc2ccccc2)[C@H]1OCc1ccccc1)c1ccccc1. The van der Waals surface area contributed by atoms with Gasteiger partial charge >= 0.3 is 21.6 Å². The van der Waals surface area contributed by atoms with E-state index >= 15 is 0 Å². The van der Waals surface area contributed by atoms with Gasteiger partial charge in [-0.1, -0.05) is 78.9 Å². The van der Waals surface area contributed by atoms with Gasteiger partial charge in [-0.3, -0.25) is 4.18 Å². The number of aliphatic hydroxyl groups excluding tert-OH is 1. The van der Waals surface area contributed by atoms with Crippen molar-refractivity contribution in [1.82, 2.24) is 0 Å². The Hall–Kier alpha value is -3.33. The van der Waals surface area contributed by atoms with E-state index in [0.717, 1.165) is 5.56 Å². The fourth-order valence-corrected chi connectivity index (χ4v) is 4.67. The number of benzene rings is 3. The second kappa shape index (κ2) is 13.6. The van der Waals surface area contributed by atoms with E-state index in [-0.39, 0.29) is 25.4 Å². The zero-order chi connectivity index (χ0) is 29.5. The van der Waals surface area contributed by atoms with E-state index in [9.17, 15) is 31.5 Å². The highest BCUT2D eigenvalue weighted by molar-refractivity contribution is 7.87. The van der Waals surface area contributed by atoms with Crippen LogP contribution in [0.15, 0.2) is 91.0 Å². The average Bonchev–Trinajstić information content (AvgIpc) is 2.95. The number of alkyl halides is 3. The van der Waals surface area contributed by atoms with Gasteiger partial charge in [-0.2, -0.15) is 21.6 Å². The third-order valence-corrected chi connectivity index (χ3v) is 7.10. The Labute approximate surface area is 234 Å². The Morgan fingerprint density at radius 1 is 0.805 bits per heavy atom. The normalized spacial score (nSPS) is 23.2. The van der Waals surface area contributed by atoms with Crippen molar-refractivity contribution >= 4 is 16.1 Å². The number of rotatable bonds is 11. The summed E-state index contributed by atoms with van der Waals surface area (Å²) in [7, 11) is -6.24. The van der Waals surface area contributed by atoms with Crippen LogP contribution in [0.4, 0.5) is 13.2 Å². The van der Waals surface area contributed by atoms with Gasteiger partial charge in [-0.15, -0.1) is 0 Å². The first-order valence-corrected chi connectivity index (χ1v) is 13.8. The Bertz CT molecular complexity index is 1360. The van der Waals surface area contributed by atoms with Gasteiger partial charge in [0.15, 0.2) is 18.5 Å². The molecule has 4 rings (SSSR count). The maximum Gasteiger partial charge on any atom is 0.523 e. The van der Waals surface area contributed by atoms with Crippen molar-refractivity contribution in [2.75, 3.05) is 6.61 Å². The molecule has 0 radical (unpaired) electrons. The Kier molecular flexibility index (Phi) is 10.1. The van der Waals surface area contributed by atoms with Crippen LogP contribution in [0.1, 0.15) is 21.5 Å². The summed E-state index contributed by atoms with van der Waals surface area (Å²) in [4.78, 5) is 13.0. The summed E-state index contributed by atoms with van der Waals surface area (Å²) in [5, 5.41) is 10.7. The van der Waals surface area contributed by atoms with Gasteiger partial charge in [0.05, 0.1) is 25.4 Å². The van der Waals surface area contributed by atoms with Crippen LogP contribution in [0.2, 0.25) is 0 Å². The second-order valence-corrected chi connectivity index (χ2v) is 10.6. The second-order valence-electron chi connectivity index (χ2n) is 9.02. The maximum absolute atomic E-state index is 13.2. The van der Waals surface area contributed by atoms with Gasteiger partial charge < -0.3 is 24.1 Å². The zero-order valence-corrected chi connectivity index (χ0v) is 22.2. The largest absolute Gasteiger partial charge is 0.523 e. The smallest absolute Gasteiger partial charge is 0.453 e. The molecule has 9 nitrogen and oxygen atoms in total. The molecule has 41 heavy (non-hydrogen) atoms. The molecule has 1 aliphatic heterocycles. The number of hydrogen-bond acceptors (Lipinski definition) is 9. The summed E-state index contributed by atoms with van der Waals surface area (Å²) >= 11 is 0. The Morgan fingerprint density at radius 3 is 1.90 bits per heavy atom. The minimum absolute atomic E-state index is 0.0181. The van der Waals surface area contributed by atoms with E-state index in [1.54, 1.807) is 60.7 Å². The minimum Gasteiger partial charge on any atom is -0.453 e. The van der Waals surface area contributed by atoms with Crippen molar-refractivity contribution in [2.24, 2.45) is 0 Å². The number of carbonyl (C=O) groups is 1. The molecular weight excluding hydrogens is 569 g/mol. The lowest BCUT2D eigenvalue weighted by atomic mass is 9.98. The summed E-state index contributed by atoms with van der Waals surface area (Å²) in [6.07, 6.45) is -9.07. The fourth-order valence-electron chi connectivity index (χ4n) is 4.07. The molecule has 3 aromatic carbocycles. The molecule has 1 N–H and O–H groups in total. The molecule has 0 aromatic heterocycles. The van der Waals surface area contributed by atoms with Gasteiger partial charge in [0.1, 0.15) is 12.2 Å². The molecule has 0 spiro atoms. The van der Waals surface area contributed by atoms with Gasteiger partial charge in [0.25, 0.3) is 0 Å². The van der Waals surface area contributed by atoms with E-state index in [1.165, 1.54) is 24.3 Å². The monoisotopic (exact) mass is 596 g/mol. The van der Waals surface area contributed by atoms with Crippen LogP contribution in [-0.2, 0) is 46.5 Å². The van der Waals surface area contributed by atoms with E-state index in [2.05, 4.69) is 4.18 Å². The third kappa shape index (κ3) is 8.12. The quantitative estimate of drug-likeness (QED) is 0.199. The lowest BCUT2D eigenvalue weighted by Crippen LogP contribution is -2.62. The number of aliphatic hydroxyl groups is 1.